The largest absolute Gasteiger partial charge is 0.494 e. The summed E-state index contributed by atoms with van der Waals surface area (Å²) in [4.78, 5) is 0. The summed E-state index contributed by atoms with van der Waals surface area (Å²) in [6.07, 6.45) is 3.02. The van der Waals surface area contributed by atoms with Crippen LogP contribution in [0.5, 0.6) is 5.75 Å². The second kappa shape index (κ2) is 8.09. The maximum atomic E-state index is 9.12. The van der Waals surface area contributed by atoms with E-state index in [1.807, 2.05) is 24.3 Å². The van der Waals surface area contributed by atoms with Gasteiger partial charge in [0.15, 0.2) is 0 Å². The minimum atomic E-state index is 0.136. The molecule has 0 aliphatic rings. The molecular formula is C14H23NO2. The number of benzene rings is 1. The average molecular weight is 237 g/mol. The first-order valence-electron chi connectivity index (χ1n) is 6.32. The molecule has 0 heterocycles. The second-order valence-electron chi connectivity index (χ2n) is 4.34. The Morgan fingerprint density at radius 3 is 2.88 bits per heavy atom. The van der Waals surface area contributed by atoms with Crippen molar-refractivity contribution in [2.45, 2.75) is 26.2 Å². The predicted molar refractivity (Wildman–Crippen MR) is 70.2 cm³/mol. The molecule has 0 spiro atoms. The van der Waals surface area contributed by atoms with E-state index in [-0.39, 0.29) is 12.5 Å². The first-order valence-corrected chi connectivity index (χ1v) is 6.32. The molecule has 17 heavy (non-hydrogen) atoms. The summed E-state index contributed by atoms with van der Waals surface area (Å²) in [7, 11) is 0. The number of ether oxygens (including phenoxy) is 1. The molecule has 1 aromatic carbocycles. The van der Waals surface area contributed by atoms with Crippen LogP contribution in [0.15, 0.2) is 24.3 Å². The third kappa shape index (κ3) is 5.20. The molecule has 0 aliphatic heterocycles. The number of aliphatic hydroxyl groups excluding tert-OH is 1. The highest BCUT2D eigenvalue weighted by atomic mass is 16.5. The Balaban J connectivity index is 2.52. The third-order valence-electron chi connectivity index (χ3n) is 2.78. The molecule has 0 saturated carbocycles. The molecule has 0 amide bonds. The highest BCUT2D eigenvalue weighted by Gasteiger charge is 2.06. The monoisotopic (exact) mass is 237 g/mol. The number of hydrogen-bond acceptors (Lipinski definition) is 3. The van der Waals surface area contributed by atoms with Crippen molar-refractivity contribution < 1.29 is 9.84 Å². The van der Waals surface area contributed by atoms with Crippen LogP contribution in [-0.2, 0) is 6.42 Å². The van der Waals surface area contributed by atoms with Crippen molar-refractivity contribution in [3.05, 3.63) is 29.8 Å². The van der Waals surface area contributed by atoms with E-state index in [0.717, 1.165) is 31.6 Å². The minimum absolute atomic E-state index is 0.136. The summed E-state index contributed by atoms with van der Waals surface area (Å²) in [5, 5.41) is 9.12. The van der Waals surface area contributed by atoms with Gasteiger partial charge in [0.25, 0.3) is 0 Å². The molecule has 1 rings (SSSR count). The van der Waals surface area contributed by atoms with Crippen molar-refractivity contribution >= 4 is 0 Å². The van der Waals surface area contributed by atoms with Crippen LogP contribution in [0.4, 0.5) is 0 Å². The lowest BCUT2D eigenvalue weighted by atomic mass is 10.0. The number of nitrogens with two attached hydrogens (primary N) is 1. The van der Waals surface area contributed by atoms with Gasteiger partial charge in [0.1, 0.15) is 5.75 Å². The van der Waals surface area contributed by atoms with Gasteiger partial charge < -0.3 is 15.6 Å². The van der Waals surface area contributed by atoms with Crippen molar-refractivity contribution in [1.82, 2.24) is 0 Å². The van der Waals surface area contributed by atoms with Crippen molar-refractivity contribution in [3.8, 4) is 5.75 Å². The van der Waals surface area contributed by atoms with Crippen LogP contribution in [0.1, 0.15) is 25.3 Å². The lowest BCUT2D eigenvalue weighted by Crippen LogP contribution is -2.20. The van der Waals surface area contributed by atoms with Crippen molar-refractivity contribution in [2.24, 2.45) is 11.7 Å². The van der Waals surface area contributed by atoms with Crippen molar-refractivity contribution in [2.75, 3.05) is 19.8 Å². The Kier molecular flexibility index (Phi) is 6.67. The summed E-state index contributed by atoms with van der Waals surface area (Å²) in [6.45, 7) is 3.56. The highest BCUT2D eigenvalue weighted by molar-refractivity contribution is 5.28. The molecule has 3 heteroatoms. The molecule has 0 bridgehead atoms. The molecule has 1 unspecified atom stereocenters. The summed E-state index contributed by atoms with van der Waals surface area (Å²) < 4.78 is 5.64. The molecule has 0 fully saturated rings. The summed E-state index contributed by atoms with van der Waals surface area (Å²) in [6, 6.07) is 8.04. The molecular weight excluding hydrogens is 214 g/mol. The zero-order valence-corrected chi connectivity index (χ0v) is 10.6. The zero-order chi connectivity index (χ0) is 12.5. The fraction of sp³-hybridized carbons (Fsp3) is 0.571. The highest BCUT2D eigenvalue weighted by Crippen LogP contribution is 2.16. The standard InChI is InChI=1S/C14H23NO2/c1-2-3-7-17-14-6-4-5-12(9-14)8-13(10-15)11-16/h4-6,9,13,16H,2-3,7-8,10-11,15H2,1H3. The molecule has 0 aromatic heterocycles. The molecule has 0 aliphatic carbocycles. The van der Waals surface area contributed by atoms with Crippen LogP contribution in [-0.4, -0.2) is 24.9 Å². The number of rotatable bonds is 8. The first-order chi connectivity index (χ1) is 8.30. The Morgan fingerprint density at radius 2 is 2.24 bits per heavy atom. The van der Waals surface area contributed by atoms with Gasteiger partial charge >= 0.3 is 0 Å². The van der Waals surface area contributed by atoms with E-state index in [1.165, 1.54) is 5.56 Å². The topological polar surface area (TPSA) is 55.5 Å². The van der Waals surface area contributed by atoms with E-state index in [4.69, 9.17) is 15.6 Å². The van der Waals surface area contributed by atoms with E-state index in [1.54, 1.807) is 0 Å². The molecule has 3 nitrogen and oxygen atoms in total. The fourth-order valence-electron chi connectivity index (χ4n) is 1.65. The molecule has 3 N–H and O–H groups in total. The predicted octanol–water partition coefficient (Wildman–Crippen LogP) is 1.98. The smallest absolute Gasteiger partial charge is 0.119 e. The van der Waals surface area contributed by atoms with Crippen LogP contribution in [0.3, 0.4) is 0 Å². The fourth-order valence-corrected chi connectivity index (χ4v) is 1.65. The van der Waals surface area contributed by atoms with E-state index >= 15 is 0 Å². The van der Waals surface area contributed by atoms with E-state index in [0.29, 0.717) is 6.54 Å². The average Bonchev–Trinajstić information content (AvgIpc) is 2.37. The van der Waals surface area contributed by atoms with Crippen LogP contribution in [0.2, 0.25) is 0 Å². The van der Waals surface area contributed by atoms with Gasteiger partial charge in [-0.15, -0.1) is 0 Å². The number of unbranched alkanes of at least 4 members (excludes halogenated alkanes) is 1. The van der Waals surface area contributed by atoms with Gasteiger partial charge in [0.05, 0.1) is 6.61 Å². The first kappa shape index (κ1) is 14.0. The molecule has 0 radical (unpaired) electrons. The second-order valence-corrected chi connectivity index (χ2v) is 4.34. The maximum absolute atomic E-state index is 9.12. The Bertz CT molecular complexity index is 311. The summed E-state index contributed by atoms with van der Waals surface area (Å²) in [5.74, 6) is 1.05. The Labute approximate surface area is 104 Å². The van der Waals surface area contributed by atoms with Gasteiger partial charge in [-0.2, -0.15) is 0 Å². The van der Waals surface area contributed by atoms with Gasteiger partial charge in [-0.1, -0.05) is 25.5 Å². The number of aliphatic hydroxyl groups is 1. The number of hydrogen-bond donors (Lipinski definition) is 2. The molecule has 0 saturated heterocycles. The molecule has 1 atom stereocenters. The summed E-state index contributed by atoms with van der Waals surface area (Å²) >= 11 is 0. The van der Waals surface area contributed by atoms with Gasteiger partial charge in [-0.25, -0.2) is 0 Å². The van der Waals surface area contributed by atoms with E-state index in [9.17, 15) is 0 Å². The lowest BCUT2D eigenvalue weighted by molar-refractivity contribution is 0.229. The Hall–Kier alpha value is -1.06. The van der Waals surface area contributed by atoms with Gasteiger partial charge in [0, 0.05) is 6.61 Å². The summed E-state index contributed by atoms with van der Waals surface area (Å²) in [5.41, 5.74) is 6.75. The quantitative estimate of drug-likeness (QED) is 0.680. The minimum Gasteiger partial charge on any atom is -0.494 e. The normalized spacial score (nSPS) is 12.4. The van der Waals surface area contributed by atoms with E-state index in [2.05, 4.69) is 6.92 Å². The van der Waals surface area contributed by atoms with Crippen LogP contribution in [0, 0.1) is 5.92 Å². The van der Waals surface area contributed by atoms with E-state index < -0.39 is 0 Å². The molecule has 96 valence electrons. The Morgan fingerprint density at radius 1 is 1.41 bits per heavy atom. The SMILES string of the molecule is CCCCOc1cccc(CC(CN)CO)c1. The van der Waals surface area contributed by atoms with Gasteiger partial charge in [-0.05, 0) is 43.0 Å². The van der Waals surface area contributed by atoms with Crippen LogP contribution in [0.25, 0.3) is 0 Å². The lowest BCUT2D eigenvalue weighted by Gasteiger charge is -2.12. The van der Waals surface area contributed by atoms with Gasteiger partial charge in [0.2, 0.25) is 0 Å². The van der Waals surface area contributed by atoms with Crippen LogP contribution < -0.4 is 10.5 Å². The van der Waals surface area contributed by atoms with Crippen LogP contribution >= 0.6 is 0 Å². The van der Waals surface area contributed by atoms with Crippen molar-refractivity contribution in [3.63, 3.8) is 0 Å². The zero-order valence-electron chi connectivity index (χ0n) is 10.6. The molecule has 1 aromatic rings. The maximum Gasteiger partial charge on any atom is 0.119 e. The van der Waals surface area contributed by atoms with Crippen molar-refractivity contribution in [1.29, 1.82) is 0 Å². The third-order valence-corrected chi connectivity index (χ3v) is 2.78. The van der Waals surface area contributed by atoms with Gasteiger partial charge in [-0.3, -0.25) is 0 Å².